The summed E-state index contributed by atoms with van der Waals surface area (Å²) in [4.78, 5) is 57.5. The van der Waals surface area contributed by atoms with Crippen LogP contribution in [0.5, 0.6) is 5.75 Å². The summed E-state index contributed by atoms with van der Waals surface area (Å²) >= 11 is 0. The topological polar surface area (TPSA) is 114 Å². The summed E-state index contributed by atoms with van der Waals surface area (Å²) in [5.74, 6) is -0.636. The van der Waals surface area contributed by atoms with Gasteiger partial charge in [0.1, 0.15) is 11.8 Å². The first-order valence-electron chi connectivity index (χ1n) is 19.8. The number of imide groups is 2. The number of nitrogens with zero attached hydrogens (tertiary/aromatic N) is 4. The van der Waals surface area contributed by atoms with Crippen LogP contribution in [-0.4, -0.2) is 90.9 Å². The van der Waals surface area contributed by atoms with Crippen molar-refractivity contribution in [3.8, 4) is 5.75 Å². The first-order chi connectivity index (χ1) is 27.2. The minimum Gasteiger partial charge on any atom is -0.508 e. The number of piperazine rings is 1. The van der Waals surface area contributed by atoms with Crippen molar-refractivity contribution in [2.24, 2.45) is 5.92 Å². The molecule has 56 heavy (non-hydrogen) atoms. The molecule has 290 valence electrons. The number of carbonyl (C=O) groups excluding carboxylic acids is 4. The van der Waals surface area contributed by atoms with Gasteiger partial charge in [0.2, 0.25) is 18.2 Å². The summed E-state index contributed by atoms with van der Waals surface area (Å²) in [6.45, 7) is 10.9. The molecule has 3 aliphatic rings. The van der Waals surface area contributed by atoms with E-state index in [1.165, 1.54) is 28.0 Å². The molecule has 3 fully saturated rings. The zero-order valence-corrected chi connectivity index (χ0v) is 32.3. The lowest BCUT2D eigenvalue weighted by Gasteiger charge is -2.40. The predicted octanol–water partition coefficient (Wildman–Crippen LogP) is 6.51. The number of aryl methyl sites for hydroxylation is 1. The van der Waals surface area contributed by atoms with Crippen LogP contribution in [0.4, 0.5) is 11.4 Å². The van der Waals surface area contributed by atoms with Crippen molar-refractivity contribution in [1.29, 1.82) is 0 Å². The largest absolute Gasteiger partial charge is 0.508 e. The van der Waals surface area contributed by atoms with E-state index in [0.29, 0.717) is 17.9 Å². The molecule has 3 saturated heterocycles. The van der Waals surface area contributed by atoms with Crippen molar-refractivity contribution < 1.29 is 24.3 Å². The third-order valence-corrected chi connectivity index (χ3v) is 11.7. The Bertz CT molecular complexity index is 2070. The molecular formula is C46H51N5O5. The van der Waals surface area contributed by atoms with E-state index in [1.807, 2.05) is 37.3 Å². The molecule has 7 rings (SSSR count). The van der Waals surface area contributed by atoms with Crippen molar-refractivity contribution in [3.63, 3.8) is 0 Å². The van der Waals surface area contributed by atoms with Gasteiger partial charge in [-0.25, -0.2) is 0 Å². The van der Waals surface area contributed by atoms with Crippen LogP contribution in [-0.2, 0) is 14.4 Å². The number of piperidine rings is 2. The lowest BCUT2D eigenvalue weighted by atomic mass is 9.88. The second-order valence-corrected chi connectivity index (χ2v) is 15.2. The van der Waals surface area contributed by atoms with Crippen molar-refractivity contribution in [2.45, 2.75) is 52.0 Å². The lowest BCUT2D eigenvalue weighted by molar-refractivity contribution is -0.139. The van der Waals surface area contributed by atoms with E-state index >= 15 is 0 Å². The molecule has 0 aliphatic carbocycles. The van der Waals surface area contributed by atoms with Gasteiger partial charge in [-0.1, -0.05) is 61.5 Å². The van der Waals surface area contributed by atoms with Gasteiger partial charge in [0.05, 0.1) is 0 Å². The molecule has 1 atom stereocenters. The Kier molecular flexibility index (Phi) is 12.0. The van der Waals surface area contributed by atoms with Crippen LogP contribution >= 0.6 is 0 Å². The normalized spacial score (nSPS) is 18.6. The molecule has 0 radical (unpaired) electrons. The SMILES string of the molecule is CC/C(=C(\c1ccc(O)cc1)c1ccc(N2CCC(CN3CCN(c4ccc(C(=O)N(C=O)C5CCC(=O)NC5=O)c(C)c4)CC3)CC2)cc1)c1ccccc1. The van der Waals surface area contributed by atoms with Gasteiger partial charge >= 0.3 is 0 Å². The fourth-order valence-electron chi connectivity index (χ4n) is 8.51. The monoisotopic (exact) mass is 753 g/mol. The third-order valence-electron chi connectivity index (χ3n) is 11.7. The Morgan fingerprint density at radius 3 is 2.02 bits per heavy atom. The number of anilines is 2. The van der Waals surface area contributed by atoms with E-state index in [2.05, 4.69) is 75.5 Å². The van der Waals surface area contributed by atoms with Crippen LogP contribution in [0.1, 0.15) is 71.6 Å². The van der Waals surface area contributed by atoms with Gasteiger partial charge < -0.3 is 14.9 Å². The van der Waals surface area contributed by atoms with Crippen molar-refractivity contribution >= 4 is 46.7 Å². The molecule has 0 aromatic heterocycles. The van der Waals surface area contributed by atoms with E-state index in [0.717, 1.165) is 86.8 Å². The molecule has 3 heterocycles. The zero-order chi connectivity index (χ0) is 39.2. The lowest BCUT2D eigenvalue weighted by Crippen LogP contribution is -2.54. The number of aromatic hydroxyl groups is 1. The number of hydrogen-bond acceptors (Lipinski definition) is 8. The fourth-order valence-corrected chi connectivity index (χ4v) is 8.51. The van der Waals surface area contributed by atoms with Crippen LogP contribution in [0.25, 0.3) is 11.1 Å². The minimum atomic E-state index is -0.988. The van der Waals surface area contributed by atoms with Gasteiger partial charge in [0, 0.05) is 69.2 Å². The smallest absolute Gasteiger partial charge is 0.261 e. The first-order valence-corrected chi connectivity index (χ1v) is 19.8. The number of allylic oxidation sites excluding steroid dienone is 1. The van der Waals surface area contributed by atoms with Crippen molar-refractivity contribution in [1.82, 2.24) is 15.1 Å². The molecule has 0 spiro atoms. The third kappa shape index (κ3) is 8.55. The quantitative estimate of drug-likeness (QED) is 0.101. The highest BCUT2D eigenvalue weighted by atomic mass is 16.3. The summed E-state index contributed by atoms with van der Waals surface area (Å²) in [5.41, 5.74) is 9.34. The Balaban J connectivity index is 0.923. The first kappa shape index (κ1) is 38.5. The molecule has 0 bridgehead atoms. The molecular weight excluding hydrogens is 703 g/mol. The van der Waals surface area contributed by atoms with Gasteiger partial charge in [-0.2, -0.15) is 0 Å². The average molecular weight is 754 g/mol. The Morgan fingerprint density at radius 1 is 0.786 bits per heavy atom. The number of rotatable bonds is 11. The standard InChI is InChI=1S/C46H51N5O5/c1-3-40(34-7-5-4-6-8-34)44(36-11-16-39(53)17-12-36)35-9-13-37(14-10-35)49-23-21-33(22-24-49)30-48-25-27-50(28-26-48)38-15-18-41(32(2)29-38)46(56)51(31-52)42-19-20-43(54)47-45(42)55/h4-18,29,31,33,42,53H,3,19-28,30H2,1-2H3,(H,47,54,55)/b44-40+. The summed E-state index contributed by atoms with van der Waals surface area (Å²) < 4.78 is 0. The zero-order valence-electron chi connectivity index (χ0n) is 32.3. The van der Waals surface area contributed by atoms with Crippen LogP contribution in [0.2, 0.25) is 0 Å². The molecule has 10 heteroatoms. The van der Waals surface area contributed by atoms with Crippen LogP contribution < -0.4 is 15.1 Å². The van der Waals surface area contributed by atoms with Gasteiger partial charge in [0.25, 0.3) is 5.91 Å². The van der Waals surface area contributed by atoms with E-state index in [-0.39, 0.29) is 18.6 Å². The van der Waals surface area contributed by atoms with E-state index in [4.69, 9.17) is 0 Å². The maximum Gasteiger partial charge on any atom is 0.261 e. The highest BCUT2D eigenvalue weighted by Crippen LogP contribution is 2.36. The minimum absolute atomic E-state index is 0.0882. The molecule has 3 aliphatic heterocycles. The number of amides is 4. The van der Waals surface area contributed by atoms with Crippen LogP contribution in [0.15, 0.2) is 97.1 Å². The maximum absolute atomic E-state index is 13.3. The summed E-state index contributed by atoms with van der Waals surface area (Å²) in [5, 5.41) is 12.2. The van der Waals surface area contributed by atoms with E-state index in [9.17, 15) is 24.3 Å². The summed E-state index contributed by atoms with van der Waals surface area (Å²) in [7, 11) is 0. The number of hydrogen-bond donors (Lipinski definition) is 2. The number of phenolic OH excluding ortho intramolecular Hbond substituents is 1. The Labute approximate surface area is 329 Å². The Hall–Kier alpha value is -5.74. The predicted molar refractivity (Wildman–Crippen MR) is 220 cm³/mol. The number of phenols is 1. The van der Waals surface area contributed by atoms with Crippen molar-refractivity contribution in [2.75, 3.05) is 55.6 Å². The molecule has 2 N–H and O–H groups in total. The van der Waals surface area contributed by atoms with Gasteiger partial charge in [-0.15, -0.1) is 0 Å². The van der Waals surface area contributed by atoms with Crippen LogP contribution in [0, 0.1) is 12.8 Å². The summed E-state index contributed by atoms with van der Waals surface area (Å²) in [6.07, 6.45) is 3.80. The number of nitrogens with one attached hydrogen (secondary N) is 1. The second-order valence-electron chi connectivity index (χ2n) is 15.2. The Morgan fingerprint density at radius 2 is 1.41 bits per heavy atom. The fraction of sp³-hybridized carbons (Fsp3) is 0.348. The molecule has 4 amide bonds. The highest BCUT2D eigenvalue weighted by molar-refractivity contribution is 6.07. The molecule has 0 saturated carbocycles. The van der Waals surface area contributed by atoms with Gasteiger partial charge in [0.15, 0.2) is 0 Å². The van der Waals surface area contributed by atoms with E-state index in [1.54, 1.807) is 18.2 Å². The average Bonchev–Trinajstić information content (AvgIpc) is 3.22. The molecule has 1 unspecified atom stereocenters. The summed E-state index contributed by atoms with van der Waals surface area (Å²) in [6, 6.07) is 31.7. The van der Waals surface area contributed by atoms with E-state index < -0.39 is 23.8 Å². The molecule has 10 nitrogen and oxygen atoms in total. The second kappa shape index (κ2) is 17.4. The van der Waals surface area contributed by atoms with Crippen LogP contribution in [0.3, 0.4) is 0 Å². The number of benzene rings is 4. The molecule has 4 aromatic carbocycles. The number of carbonyl (C=O) groups is 4. The highest BCUT2D eigenvalue weighted by Gasteiger charge is 2.35. The van der Waals surface area contributed by atoms with Gasteiger partial charge in [-0.3, -0.25) is 34.3 Å². The van der Waals surface area contributed by atoms with Crippen molar-refractivity contribution in [3.05, 3.63) is 125 Å². The molecule has 4 aromatic rings. The van der Waals surface area contributed by atoms with Gasteiger partial charge in [-0.05, 0) is 114 Å². The maximum atomic E-state index is 13.3.